The Bertz CT molecular complexity index is 570. The first-order valence-electron chi connectivity index (χ1n) is 7.61. The van der Waals surface area contributed by atoms with E-state index in [0.717, 1.165) is 12.3 Å². The van der Waals surface area contributed by atoms with Crippen molar-refractivity contribution < 1.29 is 4.74 Å². The lowest BCUT2D eigenvalue weighted by Gasteiger charge is -2.49. The summed E-state index contributed by atoms with van der Waals surface area (Å²) in [5.41, 5.74) is 3.16. The van der Waals surface area contributed by atoms with Gasteiger partial charge in [0.1, 0.15) is 5.75 Å². The molecule has 0 spiro atoms. The summed E-state index contributed by atoms with van der Waals surface area (Å²) in [6.07, 6.45) is 2.42. The van der Waals surface area contributed by atoms with Crippen molar-refractivity contribution in [1.29, 1.82) is 0 Å². The lowest BCUT2D eigenvalue weighted by Crippen LogP contribution is -2.46. The maximum absolute atomic E-state index is 5.27. The molecule has 1 N–H and O–H groups in total. The van der Waals surface area contributed by atoms with Crippen molar-refractivity contribution in [2.75, 3.05) is 20.7 Å². The van der Waals surface area contributed by atoms with Gasteiger partial charge in [-0.15, -0.1) is 0 Å². The van der Waals surface area contributed by atoms with Gasteiger partial charge in [0.05, 0.1) is 7.11 Å². The molecule has 1 fully saturated rings. The van der Waals surface area contributed by atoms with E-state index in [1.165, 1.54) is 24.0 Å². The highest BCUT2D eigenvalue weighted by Gasteiger charge is 2.45. The summed E-state index contributed by atoms with van der Waals surface area (Å²) in [6, 6.07) is 19.5. The van der Waals surface area contributed by atoms with E-state index in [9.17, 15) is 0 Å². The maximum Gasteiger partial charge on any atom is 0.118 e. The highest BCUT2D eigenvalue weighted by Crippen LogP contribution is 2.52. The van der Waals surface area contributed by atoms with Crippen molar-refractivity contribution >= 4 is 0 Å². The van der Waals surface area contributed by atoms with Gasteiger partial charge in [-0.1, -0.05) is 42.5 Å². The summed E-state index contributed by atoms with van der Waals surface area (Å²) >= 11 is 0. The second kappa shape index (κ2) is 5.90. The quantitative estimate of drug-likeness (QED) is 0.901. The van der Waals surface area contributed by atoms with E-state index in [-0.39, 0.29) is 5.41 Å². The second-order valence-electron chi connectivity index (χ2n) is 6.06. The van der Waals surface area contributed by atoms with Gasteiger partial charge in [-0.05, 0) is 49.1 Å². The molecule has 2 aromatic rings. The van der Waals surface area contributed by atoms with Gasteiger partial charge >= 0.3 is 0 Å². The summed E-state index contributed by atoms with van der Waals surface area (Å²) in [5.74, 6) is 1.61. The summed E-state index contributed by atoms with van der Waals surface area (Å²) in [4.78, 5) is 0. The maximum atomic E-state index is 5.27. The van der Waals surface area contributed by atoms with Crippen LogP contribution in [0.2, 0.25) is 0 Å². The molecular formula is C19H23NO. The number of rotatable bonds is 5. The lowest BCUT2D eigenvalue weighted by atomic mass is 9.57. The van der Waals surface area contributed by atoms with Crippen LogP contribution < -0.4 is 10.1 Å². The minimum absolute atomic E-state index is 0.265. The highest BCUT2D eigenvalue weighted by atomic mass is 16.5. The van der Waals surface area contributed by atoms with Crippen molar-refractivity contribution in [2.45, 2.75) is 24.2 Å². The molecule has 21 heavy (non-hydrogen) atoms. The molecule has 0 bridgehead atoms. The van der Waals surface area contributed by atoms with E-state index < -0.39 is 0 Å². The van der Waals surface area contributed by atoms with Crippen molar-refractivity contribution in [3.63, 3.8) is 0 Å². The van der Waals surface area contributed by atoms with Crippen LogP contribution in [0.3, 0.4) is 0 Å². The molecule has 1 aliphatic rings. The van der Waals surface area contributed by atoms with Crippen molar-refractivity contribution in [3.8, 4) is 5.75 Å². The number of hydrogen-bond donors (Lipinski definition) is 1. The number of likely N-dealkylation sites (N-methyl/N-ethyl adjacent to an activating group) is 1. The lowest BCUT2D eigenvalue weighted by molar-refractivity contribution is 0.198. The Labute approximate surface area is 127 Å². The Kier molecular flexibility index (Phi) is 3.98. The number of ether oxygens (including phenoxy) is 1. The molecule has 0 unspecified atom stereocenters. The van der Waals surface area contributed by atoms with E-state index in [1.54, 1.807) is 7.11 Å². The van der Waals surface area contributed by atoms with Gasteiger partial charge in [-0.2, -0.15) is 0 Å². The molecule has 1 aliphatic carbocycles. The molecule has 2 heteroatoms. The fourth-order valence-electron chi connectivity index (χ4n) is 3.61. The predicted molar refractivity (Wildman–Crippen MR) is 87.0 cm³/mol. The van der Waals surface area contributed by atoms with E-state index in [4.69, 9.17) is 4.74 Å². The smallest absolute Gasteiger partial charge is 0.118 e. The van der Waals surface area contributed by atoms with Gasteiger partial charge in [0, 0.05) is 12.0 Å². The largest absolute Gasteiger partial charge is 0.497 e. The summed E-state index contributed by atoms with van der Waals surface area (Å²) in [7, 11) is 3.76. The third-order valence-corrected chi connectivity index (χ3v) is 4.76. The molecule has 0 aromatic heterocycles. The number of benzene rings is 2. The second-order valence-corrected chi connectivity index (χ2v) is 6.06. The number of nitrogens with one attached hydrogen (secondary N) is 1. The van der Waals surface area contributed by atoms with E-state index >= 15 is 0 Å². The fourth-order valence-corrected chi connectivity index (χ4v) is 3.61. The van der Waals surface area contributed by atoms with Crippen LogP contribution in [0.1, 0.15) is 29.9 Å². The Morgan fingerprint density at radius 1 is 1.05 bits per heavy atom. The minimum atomic E-state index is 0.265. The van der Waals surface area contributed by atoms with Crippen LogP contribution in [-0.4, -0.2) is 20.7 Å². The highest BCUT2D eigenvalue weighted by molar-refractivity contribution is 5.38. The molecule has 3 rings (SSSR count). The van der Waals surface area contributed by atoms with Crippen LogP contribution in [0.5, 0.6) is 5.75 Å². The Hall–Kier alpha value is -1.80. The van der Waals surface area contributed by atoms with Crippen molar-refractivity contribution in [1.82, 2.24) is 5.32 Å². The molecule has 1 saturated carbocycles. The van der Waals surface area contributed by atoms with Gasteiger partial charge in [0.2, 0.25) is 0 Å². The molecule has 0 atom stereocenters. The van der Waals surface area contributed by atoms with Gasteiger partial charge in [-0.3, -0.25) is 0 Å². The molecule has 2 aromatic carbocycles. The number of methoxy groups -OCH3 is 1. The first-order valence-corrected chi connectivity index (χ1v) is 7.61. The van der Waals surface area contributed by atoms with E-state index in [0.29, 0.717) is 5.92 Å². The Morgan fingerprint density at radius 2 is 1.71 bits per heavy atom. The normalized spacial score (nSPS) is 24.4. The molecule has 110 valence electrons. The summed E-state index contributed by atoms with van der Waals surface area (Å²) in [6.45, 7) is 1.03. The predicted octanol–water partition coefficient (Wildman–Crippen LogP) is 3.73. The van der Waals surface area contributed by atoms with Gasteiger partial charge in [0.25, 0.3) is 0 Å². The fraction of sp³-hybridized carbons (Fsp3) is 0.368. The zero-order chi connectivity index (χ0) is 14.7. The van der Waals surface area contributed by atoms with Crippen LogP contribution in [-0.2, 0) is 5.41 Å². The molecule has 0 radical (unpaired) electrons. The zero-order valence-electron chi connectivity index (χ0n) is 12.8. The topological polar surface area (TPSA) is 21.3 Å². The van der Waals surface area contributed by atoms with Crippen molar-refractivity contribution in [3.05, 3.63) is 65.7 Å². The van der Waals surface area contributed by atoms with E-state index in [2.05, 4.69) is 59.9 Å². The summed E-state index contributed by atoms with van der Waals surface area (Å²) in [5, 5.41) is 3.38. The zero-order valence-corrected chi connectivity index (χ0v) is 12.8. The van der Waals surface area contributed by atoms with Crippen LogP contribution >= 0.6 is 0 Å². The molecule has 0 amide bonds. The van der Waals surface area contributed by atoms with Crippen LogP contribution in [0.25, 0.3) is 0 Å². The van der Waals surface area contributed by atoms with Gasteiger partial charge in [0.15, 0.2) is 0 Å². The summed E-state index contributed by atoms with van der Waals surface area (Å²) < 4.78 is 5.27. The average Bonchev–Trinajstić information content (AvgIpc) is 2.51. The van der Waals surface area contributed by atoms with Gasteiger partial charge in [-0.25, -0.2) is 0 Å². The standard InChI is InChI=1S/C19H23NO/c1-20-14-19(17-8-10-18(21-2)11-9-17)12-16(13-19)15-6-4-3-5-7-15/h3-11,16,20H,12-14H2,1-2H3. The molecule has 0 aliphatic heterocycles. The molecule has 2 nitrogen and oxygen atoms in total. The van der Waals surface area contributed by atoms with E-state index in [1.807, 2.05) is 7.05 Å². The van der Waals surface area contributed by atoms with Crippen LogP contribution in [0.15, 0.2) is 54.6 Å². The number of hydrogen-bond acceptors (Lipinski definition) is 2. The molecular weight excluding hydrogens is 258 g/mol. The molecule has 0 heterocycles. The Balaban J connectivity index is 1.79. The van der Waals surface area contributed by atoms with Crippen LogP contribution in [0.4, 0.5) is 0 Å². The van der Waals surface area contributed by atoms with Crippen LogP contribution in [0, 0.1) is 0 Å². The molecule has 0 saturated heterocycles. The third-order valence-electron chi connectivity index (χ3n) is 4.76. The minimum Gasteiger partial charge on any atom is -0.497 e. The SMILES string of the molecule is CNCC1(c2ccc(OC)cc2)CC(c2ccccc2)C1. The third kappa shape index (κ3) is 2.68. The van der Waals surface area contributed by atoms with Crippen molar-refractivity contribution in [2.24, 2.45) is 0 Å². The van der Waals surface area contributed by atoms with Gasteiger partial charge < -0.3 is 10.1 Å². The average molecular weight is 281 g/mol. The first-order chi connectivity index (χ1) is 10.3. The monoisotopic (exact) mass is 281 g/mol. The Morgan fingerprint density at radius 3 is 2.29 bits per heavy atom. The first kappa shape index (κ1) is 14.2.